The summed E-state index contributed by atoms with van der Waals surface area (Å²) in [5.41, 5.74) is 0. The van der Waals surface area contributed by atoms with Crippen LogP contribution in [0, 0.1) is 0 Å². The molecule has 30 valence electrons. The highest BCUT2D eigenvalue weighted by Gasteiger charge is 2.13. The van der Waals surface area contributed by atoms with Crippen LogP contribution in [0.1, 0.15) is 0 Å². The zero-order valence-electron chi connectivity index (χ0n) is 2.35. The number of rotatable bonds is 0. The Balaban J connectivity index is 2.08. The first kappa shape index (κ1) is 4.24. The van der Waals surface area contributed by atoms with Gasteiger partial charge in [0.05, 0.1) is 0 Å². The van der Waals surface area contributed by atoms with E-state index in [2.05, 4.69) is 22.0 Å². The number of halogens is 1. The van der Waals surface area contributed by atoms with E-state index >= 15 is 0 Å². The lowest BCUT2D eigenvalue weighted by Crippen LogP contribution is -1.99. The third kappa shape index (κ3) is 0.961. The van der Waals surface area contributed by atoms with Gasteiger partial charge in [-0.3, -0.25) is 9.05 Å². The number of hydrogen-bond acceptors (Lipinski definition) is 2. The molecule has 0 atom stereocenters. The van der Waals surface area contributed by atoms with Crippen molar-refractivity contribution in [3.8, 4) is 0 Å². The Hall–Kier alpha value is 1.08. The lowest BCUT2D eigenvalue weighted by Gasteiger charge is -2.17. The molecule has 4 heteroatoms. The minimum absolute atomic E-state index is 0.448. The van der Waals surface area contributed by atoms with E-state index in [1.54, 1.807) is 0 Å². The molecule has 0 unspecified atom stereocenters. The van der Waals surface area contributed by atoms with Crippen LogP contribution in [-0.4, -0.2) is 6.79 Å². The van der Waals surface area contributed by atoms with E-state index in [0.717, 1.165) is 0 Å². The monoisotopic (exact) mass is 204 g/mol. The van der Waals surface area contributed by atoms with Crippen LogP contribution >= 0.6 is 28.1 Å². The molecule has 1 heterocycles. The Labute approximate surface area is 44.2 Å². The molecule has 0 aromatic carbocycles. The third-order valence-electron chi connectivity index (χ3n) is 0.308. The molecule has 0 N–H and O–H groups in total. The topological polar surface area (TPSA) is 18.5 Å². The molecule has 1 aliphatic heterocycles. The van der Waals surface area contributed by atoms with Gasteiger partial charge in [-0.25, -0.2) is 0 Å². The molecule has 5 heavy (non-hydrogen) atoms. The molecular weight excluding hydrogens is 202 g/mol. The highest BCUT2D eigenvalue weighted by atomic mass is 127. The third-order valence-corrected chi connectivity index (χ3v) is 2.60. The second kappa shape index (κ2) is 1.69. The van der Waals surface area contributed by atoms with E-state index in [-0.39, 0.29) is 0 Å². The first-order valence-corrected chi connectivity index (χ1v) is 5.07. The predicted octanol–water partition coefficient (Wildman–Crippen LogP) is 1.65. The molecule has 0 aromatic rings. The van der Waals surface area contributed by atoms with Crippen molar-refractivity contribution in [1.29, 1.82) is 0 Å². The maximum Gasteiger partial charge on any atom is 0.244 e. The van der Waals surface area contributed by atoms with Crippen LogP contribution in [0.4, 0.5) is 0 Å². The van der Waals surface area contributed by atoms with Gasteiger partial charge in [-0.1, -0.05) is 0 Å². The molecule has 1 fully saturated rings. The van der Waals surface area contributed by atoms with Crippen molar-refractivity contribution < 1.29 is 9.05 Å². The molecular formula is CH2IO2P. The van der Waals surface area contributed by atoms with Gasteiger partial charge in [0, 0.05) is 22.0 Å². The summed E-state index contributed by atoms with van der Waals surface area (Å²) in [5, 5.41) is 0. The van der Waals surface area contributed by atoms with Crippen LogP contribution in [-0.2, 0) is 9.05 Å². The predicted molar refractivity (Wildman–Crippen MR) is 28.0 cm³/mol. The Kier molecular flexibility index (Phi) is 1.43. The molecule has 1 saturated heterocycles. The first-order valence-electron chi connectivity index (χ1n) is 1.11. The molecule has 0 bridgehead atoms. The summed E-state index contributed by atoms with van der Waals surface area (Å²) in [5.74, 6) is 0. The summed E-state index contributed by atoms with van der Waals surface area (Å²) in [6.45, 7) is 0.509. The number of hydrogen-bond donors (Lipinski definition) is 0. The Bertz CT molecular complexity index is 36.6. The maximum atomic E-state index is 4.76. The highest BCUT2D eigenvalue weighted by molar-refractivity contribution is 14.2. The second-order valence-corrected chi connectivity index (χ2v) is 3.89. The molecule has 0 radical (unpaired) electrons. The van der Waals surface area contributed by atoms with Crippen molar-refractivity contribution in [3.05, 3.63) is 0 Å². The summed E-state index contributed by atoms with van der Waals surface area (Å²) >= 11 is 2.11. The van der Waals surface area contributed by atoms with Crippen molar-refractivity contribution in [2.75, 3.05) is 6.79 Å². The van der Waals surface area contributed by atoms with E-state index in [1.165, 1.54) is 0 Å². The largest absolute Gasteiger partial charge is 0.298 e. The molecule has 2 nitrogen and oxygen atoms in total. The zero-order valence-corrected chi connectivity index (χ0v) is 5.40. The van der Waals surface area contributed by atoms with Crippen molar-refractivity contribution in [1.82, 2.24) is 0 Å². The average Bonchev–Trinajstić information content (AvgIpc) is 1.30. The molecule has 0 saturated carbocycles. The van der Waals surface area contributed by atoms with Gasteiger partial charge in [0.25, 0.3) is 0 Å². The fourth-order valence-electron chi connectivity index (χ4n) is 0.0925. The smallest absolute Gasteiger partial charge is 0.244 e. The van der Waals surface area contributed by atoms with Crippen LogP contribution in [0.25, 0.3) is 0 Å². The molecule has 0 aliphatic carbocycles. The molecule has 0 spiro atoms. The lowest BCUT2D eigenvalue weighted by molar-refractivity contribution is 0.0516. The average molecular weight is 204 g/mol. The molecule has 0 amide bonds. The van der Waals surface area contributed by atoms with Crippen LogP contribution in [0.15, 0.2) is 0 Å². The first-order chi connectivity index (χ1) is 2.39. The summed E-state index contributed by atoms with van der Waals surface area (Å²) in [6.07, 6.45) is 0. The summed E-state index contributed by atoms with van der Waals surface area (Å²) in [6, 6.07) is -0.448. The minimum Gasteiger partial charge on any atom is -0.298 e. The van der Waals surface area contributed by atoms with E-state index in [0.29, 0.717) is 6.79 Å². The Morgan fingerprint density at radius 1 is 1.60 bits per heavy atom. The van der Waals surface area contributed by atoms with Gasteiger partial charge in [-0.05, 0) is 0 Å². The Morgan fingerprint density at radius 3 is 2.00 bits per heavy atom. The van der Waals surface area contributed by atoms with Crippen molar-refractivity contribution in [2.24, 2.45) is 0 Å². The summed E-state index contributed by atoms with van der Waals surface area (Å²) in [7, 11) is 0. The lowest BCUT2D eigenvalue weighted by atomic mass is 11.6. The fraction of sp³-hybridized carbons (Fsp3) is 1.00. The van der Waals surface area contributed by atoms with Gasteiger partial charge in [0.1, 0.15) is 0 Å². The summed E-state index contributed by atoms with van der Waals surface area (Å²) in [4.78, 5) is 0. The van der Waals surface area contributed by atoms with Crippen LogP contribution in [0.5, 0.6) is 0 Å². The Morgan fingerprint density at radius 2 is 2.00 bits per heavy atom. The summed E-state index contributed by atoms with van der Waals surface area (Å²) < 4.78 is 9.52. The van der Waals surface area contributed by atoms with Gasteiger partial charge in [0.15, 0.2) is 6.79 Å². The van der Waals surface area contributed by atoms with Crippen LogP contribution in [0.2, 0.25) is 0 Å². The standard InChI is InChI=1S/CH2IO2P/c2-5-3-1-4-5/h1H2. The SMILES string of the molecule is IP1OCO1. The molecule has 1 aliphatic rings. The fourth-order valence-corrected chi connectivity index (χ4v) is 0.960. The van der Waals surface area contributed by atoms with Gasteiger partial charge in [0.2, 0.25) is 6.02 Å². The van der Waals surface area contributed by atoms with Crippen molar-refractivity contribution >= 4 is 28.1 Å². The minimum atomic E-state index is -0.448. The van der Waals surface area contributed by atoms with Crippen molar-refractivity contribution in [3.63, 3.8) is 0 Å². The quantitative estimate of drug-likeness (QED) is 0.441. The highest BCUT2D eigenvalue weighted by Crippen LogP contribution is 2.54. The molecule has 1 rings (SSSR count). The van der Waals surface area contributed by atoms with Gasteiger partial charge >= 0.3 is 0 Å². The zero-order chi connectivity index (χ0) is 3.70. The van der Waals surface area contributed by atoms with E-state index in [4.69, 9.17) is 9.05 Å². The van der Waals surface area contributed by atoms with Crippen LogP contribution in [0.3, 0.4) is 0 Å². The van der Waals surface area contributed by atoms with Crippen molar-refractivity contribution in [2.45, 2.75) is 0 Å². The normalized spacial score (nSPS) is 25.8. The van der Waals surface area contributed by atoms with Crippen LogP contribution < -0.4 is 0 Å². The van der Waals surface area contributed by atoms with Gasteiger partial charge in [-0.2, -0.15) is 0 Å². The second-order valence-electron chi connectivity index (χ2n) is 0.589. The van der Waals surface area contributed by atoms with Gasteiger partial charge < -0.3 is 0 Å². The van der Waals surface area contributed by atoms with E-state index < -0.39 is 6.02 Å². The molecule has 0 aromatic heterocycles. The maximum absolute atomic E-state index is 4.76. The van der Waals surface area contributed by atoms with Gasteiger partial charge in [-0.15, -0.1) is 0 Å². The van der Waals surface area contributed by atoms with E-state index in [9.17, 15) is 0 Å². The van der Waals surface area contributed by atoms with E-state index in [1.807, 2.05) is 0 Å².